The summed E-state index contributed by atoms with van der Waals surface area (Å²) in [5.74, 6) is -0.628. The molecule has 1 heterocycles. The number of alkyl halides is 2. The van der Waals surface area contributed by atoms with Crippen molar-refractivity contribution in [3.05, 3.63) is 30.1 Å². The van der Waals surface area contributed by atoms with Crippen molar-refractivity contribution in [2.24, 2.45) is 5.92 Å². The van der Waals surface area contributed by atoms with E-state index < -0.39 is 4.33 Å². The van der Waals surface area contributed by atoms with E-state index in [9.17, 15) is 4.79 Å². The average Bonchev–Trinajstić information content (AvgIpc) is 2.95. The maximum Gasteiger partial charge on any atom is 0.312 e. The Morgan fingerprint density at radius 2 is 2.12 bits per heavy atom. The zero-order valence-corrected chi connectivity index (χ0v) is 10.7. The van der Waals surface area contributed by atoms with Crippen molar-refractivity contribution in [1.29, 1.82) is 0 Å². The first-order valence-electron chi connectivity index (χ1n) is 5.53. The third kappa shape index (κ3) is 3.58. The first-order chi connectivity index (χ1) is 8.09. The Morgan fingerprint density at radius 1 is 1.47 bits per heavy atom. The van der Waals surface area contributed by atoms with Crippen LogP contribution >= 0.6 is 23.2 Å². The number of aromatic nitrogens is 1. The van der Waals surface area contributed by atoms with E-state index in [2.05, 4.69) is 4.98 Å². The smallest absolute Gasteiger partial charge is 0.312 e. The Kier molecular flexibility index (Phi) is 3.89. The highest BCUT2D eigenvalue weighted by molar-refractivity contribution is 6.52. The zero-order chi connectivity index (χ0) is 12.3. The second kappa shape index (κ2) is 5.23. The van der Waals surface area contributed by atoms with E-state index in [1.54, 1.807) is 12.4 Å². The summed E-state index contributed by atoms with van der Waals surface area (Å²) in [7, 11) is 0. The van der Waals surface area contributed by atoms with Gasteiger partial charge in [-0.15, -0.1) is 23.2 Å². The molecule has 3 nitrogen and oxygen atoms in total. The summed E-state index contributed by atoms with van der Waals surface area (Å²) in [6, 6.07) is 3.90. The van der Waals surface area contributed by atoms with Gasteiger partial charge in [0, 0.05) is 12.4 Å². The van der Waals surface area contributed by atoms with Crippen molar-refractivity contribution >= 4 is 29.2 Å². The minimum atomic E-state index is -0.887. The van der Waals surface area contributed by atoms with Crippen LogP contribution in [0.2, 0.25) is 0 Å². The standard InChI is InChI=1S/C12H13Cl2NO2/c13-12(14)8-10(12)11(16)17-7-1-2-9-3-5-15-6-4-9/h3-6,10H,1-2,7-8H2. The first kappa shape index (κ1) is 12.7. The van der Waals surface area contributed by atoms with Crippen molar-refractivity contribution in [3.8, 4) is 0 Å². The molecule has 1 unspecified atom stereocenters. The third-order valence-corrected chi connectivity index (χ3v) is 3.55. The van der Waals surface area contributed by atoms with E-state index in [-0.39, 0.29) is 11.9 Å². The van der Waals surface area contributed by atoms with E-state index in [4.69, 9.17) is 27.9 Å². The molecule has 0 aromatic carbocycles. The lowest BCUT2D eigenvalue weighted by Crippen LogP contribution is -2.12. The number of hydrogen-bond acceptors (Lipinski definition) is 3. The fraction of sp³-hybridized carbons (Fsp3) is 0.500. The lowest BCUT2D eigenvalue weighted by Gasteiger charge is -2.04. The van der Waals surface area contributed by atoms with Crippen LogP contribution in [0, 0.1) is 5.92 Å². The number of ether oxygens (including phenoxy) is 1. The highest BCUT2D eigenvalue weighted by Gasteiger charge is 2.57. The van der Waals surface area contributed by atoms with E-state index in [1.165, 1.54) is 5.56 Å². The van der Waals surface area contributed by atoms with Gasteiger partial charge < -0.3 is 4.74 Å². The molecule has 2 rings (SSSR count). The average molecular weight is 274 g/mol. The summed E-state index contributed by atoms with van der Waals surface area (Å²) in [5, 5.41) is 0. The molecule has 1 aromatic rings. The maximum atomic E-state index is 11.4. The molecule has 0 spiro atoms. The highest BCUT2D eigenvalue weighted by atomic mass is 35.5. The van der Waals surface area contributed by atoms with Gasteiger partial charge in [-0.25, -0.2) is 0 Å². The lowest BCUT2D eigenvalue weighted by atomic mass is 10.1. The molecule has 0 N–H and O–H groups in total. The minimum absolute atomic E-state index is 0.287. The van der Waals surface area contributed by atoms with E-state index >= 15 is 0 Å². The predicted molar refractivity (Wildman–Crippen MR) is 66.1 cm³/mol. The number of nitrogens with zero attached hydrogens (tertiary/aromatic N) is 1. The summed E-state index contributed by atoms with van der Waals surface area (Å²) >= 11 is 11.5. The molecule has 1 fully saturated rings. The molecule has 0 radical (unpaired) electrons. The van der Waals surface area contributed by atoms with Crippen molar-refractivity contribution in [2.75, 3.05) is 6.61 Å². The van der Waals surface area contributed by atoms with Gasteiger partial charge in [-0.05, 0) is 37.0 Å². The van der Waals surface area contributed by atoms with E-state index in [1.807, 2.05) is 12.1 Å². The molecular weight excluding hydrogens is 261 g/mol. The van der Waals surface area contributed by atoms with Crippen LogP contribution < -0.4 is 0 Å². The number of rotatable bonds is 5. The summed E-state index contributed by atoms with van der Waals surface area (Å²) in [6.07, 6.45) is 5.66. The summed E-state index contributed by atoms with van der Waals surface area (Å²) in [6.45, 7) is 0.404. The van der Waals surface area contributed by atoms with Crippen molar-refractivity contribution in [3.63, 3.8) is 0 Å². The van der Waals surface area contributed by atoms with Gasteiger partial charge in [0.2, 0.25) is 0 Å². The Morgan fingerprint density at radius 3 is 2.71 bits per heavy atom. The number of esters is 1. The zero-order valence-electron chi connectivity index (χ0n) is 9.23. The van der Waals surface area contributed by atoms with E-state index in [0.29, 0.717) is 13.0 Å². The van der Waals surface area contributed by atoms with E-state index in [0.717, 1.165) is 12.8 Å². The molecule has 0 bridgehead atoms. The van der Waals surface area contributed by atoms with Crippen molar-refractivity contribution in [1.82, 2.24) is 4.98 Å². The molecule has 1 saturated carbocycles. The molecule has 0 saturated heterocycles. The van der Waals surface area contributed by atoms with Crippen LogP contribution in [0.25, 0.3) is 0 Å². The molecule has 1 aliphatic carbocycles. The largest absolute Gasteiger partial charge is 0.465 e. The summed E-state index contributed by atoms with van der Waals surface area (Å²) < 4.78 is 4.21. The maximum absolute atomic E-state index is 11.4. The van der Waals surface area contributed by atoms with Gasteiger partial charge in [0.05, 0.1) is 12.5 Å². The molecular formula is C12H13Cl2NO2. The van der Waals surface area contributed by atoms with Crippen LogP contribution in [-0.2, 0) is 16.0 Å². The third-order valence-electron chi connectivity index (χ3n) is 2.71. The van der Waals surface area contributed by atoms with Gasteiger partial charge in [0.15, 0.2) is 0 Å². The molecule has 92 valence electrons. The van der Waals surface area contributed by atoms with Crippen LogP contribution in [-0.4, -0.2) is 21.9 Å². The van der Waals surface area contributed by atoms with Gasteiger partial charge in [0.1, 0.15) is 4.33 Å². The fourth-order valence-electron chi connectivity index (χ4n) is 1.57. The van der Waals surface area contributed by atoms with Crippen LogP contribution in [0.4, 0.5) is 0 Å². The molecule has 0 amide bonds. The fourth-order valence-corrected chi connectivity index (χ4v) is 2.05. The van der Waals surface area contributed by atoms with Gasteiger partial charge in [-0.1, -0.05) is 0 Å². The molecule has 1 aliphatic rings. The van der Waals surface area contributed by atoms with Gasteiger partial charge in [-0.2, -0.15) is 0 Å². The van der Waals surface area contributed by atoms with Gasteiger partial charge >= 0.3 is 5.97 Å². The Labute approximate surface area is 110 Å². The normalized spacial score (nSPS) is 20.9. The Bertz CT molecular complexity index is 395. The molecule has 17 heavy (non-hydrogen) atoms. The highest BCUT2D eigenvalue weighted by Crippen LogP contribution is 2.53. The van der Waals surface area contributed by atoms with Crippen LogP contribution in [0.1, 0.15) is 18.4 Å². The predicted octanol–water partition coefficient (Wildman–Crippen LogP) is 2.75. The van der Waals surface area contributed by atoms with Crippen LogP contribution in [0.15, 0.2) is 24.5 Å². The minimum Gasteiger partial charge on any atom is -0.465 e. The van der Waals surface area contributed by atoms with Crippen molar-refractivity contribution in [2.45, 2.75) is 23.6 Å². The monoisotopic (exact) mass is 273 g/mol. The topological polar surface area (TPSA) is 39.2 Å². The molecule has 1 aromatic heterocycles. The number of carbonyl (C=O) groups excluding carboxylic acids is 1. The number of aryl methyl sites for hydroxylation is 1. The number of hydrogen-bond donors (Lipinski definition) is 0. The molecule has 1 atom stereocenters. The quantitative estimate of drug-likeness (QED) is 0.471. The number of carbonyl (C=O) groups is 1. The van der Waals surface area contributed by atoms with Crippen LogP contribution in [0.5, 0.6) is 0 Å². The second-order valence-electron chi connectivity index (χ2n) is 4.14. The van der Waals surface area contributed by atoms with Gasteiger partial charge in [-0.3, -0.25) is 9.78 Å². The van der Waals surface area contributed by atoms with Gasteiger partial charge in [0.25, 0.3) is 0 Å². The number of pyridine rings is 1. The first-order valence-corrected chi connectivity index (χ1v) is 6.28. The Hall–Kier alpha value is -0.800. The van der Waals surface area contributed by atoms with Crippen LogP contribution in [0.3, 0.4) is 0 Å². The lowest BCUT2D eigenvalue weighted by molar-refractivity contribution is -0.145. The second-order valence-corrected chi connectivity index (χ2v) is 5.69. The molecule has 5 heteroatoms. The summed E-state index contributed by atoms with van der Waals surface area (Å²) in [4.78, 5) is 15.4. The Balaban J connectivity index is 1.63. The summed E-state index contributed by atoms with van der Waals surface area (Å²) in [5.41, 5.74) is 1.19. The van der Waals surface area contributed by atoms with Crippen molar-refractivity contribution < 1.29 is 9.53 Å². The SMILES string of the molecule is O=C(OCCCc1ccncc1)C1CC1(Cl)Cl. The number of halogens is 2. The molecule has 0 aliphatic heterocycles.